The summed E-state index contributed by atoms with van der Waals surface area (Å²) in [4.78, 5) is 26.0. The van der Waals surface area contributed by atoms with Crippen LogP contribution in [0.2, 0.25) is 5.02 Å². The highest BCUT2D eigenvalue weighted by molar-refractivity contribution is 7.89. The Labute approximate surface area is 160 Å². The molecule has 8 nitrogen and oxygen atoms in total. The van der Waals surface area contributed by atoms with Crippen LogP contribution in [0.15, 0.2) is 47.4 Å². The van der Waals surface area contributed by atoms with Crippen LogP contribution in [0.5, 0.6) is 5.75 Å². The number of sulfonamides is 1. The first-order valence-corrected chi connectivity index (χ1v) is 9.73. The van der Waals surface area contributed by atoms with E-state index >= 15 is 0 Å². The van der Waals surface area contributed by atoms with Gasteiger partial charge in [0.05, 0.1) is 29.1 Å². The zero-order valence-electron chi connectivity index (χ0n) is 14.2. The van der Waals surface area contributed by atoms with Crippen LogP contribution in [-0.2, 0) is 19.6 Å². The Morgan fingerprint density at radius 2 is 1.96 bits per heavy atom. The van der Waals surface area contributed by atoms with Gasteiger partial charge in [0.2, 0.25) is 15.9 Å². The molecular weight excluding hydrogens is 394 g/mol. The molecule has 0 aliphatic carbocycles. The number of hydrogen-bond donors (Lipinski definition) is 2. The number of carbonyl (C=O) groups excluding carboxylic acids is 2. The highest BCUT2D eigenvalue weighted by Crippen LogP contribution is 2.32. The lowest BCUT2D eigenvalue weighted by Crippen LogP contribution is -2.34. The average Bonchev–Trinajstić information content (AvgIpc) is 2.88. The van der Waals surface area contributed by atoms with Crippen LogP contribution in [0.1, 0.15) is 6.42 Å². The largest absolute Gasteiger partial charge is 0.495 e. The Kier molecular flexibility index (Phi) is 5.09. The van der Waals surface area contributed by atoms with Gasteiger partial charge in [0.1, 0.15) is 11.8 Å². The molecule has 3 rings (SSSR count). The second-order valence-electron chi connectivity index (χ2n) is 5.86. The molecule has 0 radical (unpaired) electrons. The highest BCUT2D eigenvalue weighted by Gasteiger charge is 2.39. The predicted octanol–water partition coefficient (Wildman–Crippen LogP) is 1.74. The number of imide groups is 1. The number of methoxy groups -OCH3 is 1. The summed E-state index contributed by atoms with van der Waals surface area (Å²) in [6.45, 7) is 0. The molecule has 0 saturated carbocycles. The zero-order valence-corrected chi connectivity index (χ0v) is 15.8. The number of hydrogen-bond acceptors (Lipinski definition) is 6. The summed E-state index contributed by atoms with van der Waals surface area (Å²) in [5.41, 5.74) is 0.695. The van der Waals surface area contributed by atoms with Crippen molar-refractivity contribution in [3.63, 3.8) is 0 Å². The summed E-state index contributed by atoms with van der Waals surface area (Å²) in [7, 11) is -2.42. The van der Waals surface area contributed by atoms with Gasteiger partial charge in [-0.3, -0.25) is 9.59 Å². The van der Waals surface area contributed by atoms with Crippen molar-refractivity contribution in [2.75, 3.05) is 17.3 Å². The first kappa shape index (κ1) is 19.2. The summed E-state index contributed by atoms with van der Waals surface area (Å²) in [6.07, 6.45) is -0.0813. The van der Waals surface area contributed by atoms with Crippen molar-refractivity contribution >= 4 is 44.8 Å². The molecule has 142 valence electrons. The SMILES string of the molecule is COc1ccc(N2C(=O)CC(Nc3cccc(S(N)(=O)=O)c3)C2=O)cc1Cl. The molecule has 1 heterocycles. The second kappa shape index (κ2) is 7.18. The van der Waals surface area contributed by atoms with Gasteiger partial charge in [0, 0.05) is 5.69 Å². The van der Waals surface area contributed by atoms with E-state index in [-0.39, 0.29) is 16.3 Å². The summed E-state index contributed by atoms with van der Waals surface area (Å²) in [5.74, 6) is -0.447. The average molecular weight is 410 g/mol. The molecule has 2 amide bonds. The van der Waals surface area contributed by atoms with Crippen LogP contribution in [0, 0.1) is 0 Å². The number of benzene rings is 2. The number of primary sulfonamides is 1. The summed E-state index contributed by atoms with van der Waals surface area (Å²) < 4.78 is 28.0. The normalized spacial score (nSPS) is 17.3. The van der Waals surface area contributed by atoms with E-state index in [2.05, 4.69) is 5.32 Å². The third kappa shape index (κ3) is 3.90. The summed E-state index contributed by atoms with van der Waals surface area (Å²) in [5, 5.41) is 8.26. The Morgan fingerprint density at radius 3 is 2.59 bits per heavy atom. The number of nitrogens with zero attached hydrogens (tertiary/aromatic N) is 1. The van der Waals surface area contributed by atoms with Gasteiger partial charge >= 0.3 is 0 Å². The summed E-state index contributed by atoms with van der Waals surface area (Å²) in [6, 6.07) is 9.48. The molecule has 1 unspecified atom stereocenters. The maximum absolute atomic E-state index is 12.7. The van der Waals surface area contributed by atoms with Crippen LogP contribution in [-0.4, -0.2) is 33.4 Å². The number of carbonyl (C=O) groups is 2. The van der Waals surface area contributed by atoms with Gasteiger partial charge < -0.3 is 10.1 Å². The van der Waals surface area contributed by atoms with E-state index in [9.17, 15) is 18.0 Å². The van der Waals surface area contributed by atoms with Crippen molar-refractivity contribution in [2.45, 2.75) is 17.4 Å². The molecule has 1 aliphatic heterocycles. The fraction of sp³-hybridized carbons (Fsp3) is 0.176. The predicted molar refractivity (Wildman–Crippen MR) is 100 cm³/mol. The first-order valence-electron chi connectivity index (χ1n) is 7.80. The van der Waals surface area contributed by atoms with Crippen LogP contribution in [0.3, 0.4) is 0 Å². The highest BCUT2D eigenvalue weighted by atomic mass is 35.5. The number of nitrogens with one attached hydrogen (secondary N) is 1. The molecule has 1 atom stereocenters. The number of anilines is 2. The lowest BCUT2D eigenvalue weighted by atomic mass is 10.2. The van der Waals surface area contributed by atoms with E-state index in [1.165, 1.54) is 31.4 Å². The maximum Gasteiger partial charge on any atom is 0.256 e. The van der Waals surface area contributed by atoms with Gasteiger partial charge in [-0.15, -0.1) is 0 Å². The van der Waals surface area contributed by atoms with Crippen molar-refractivity contribution in [2.24, 2.45) is 5.14 Å². The molecule has 10 heteroatoms. The third-order valence-electron chi connectivity index (χ3n) is 4.04. The van der Waals surface area contributed by atoms with Gasteiger partial charge in [-0.25, -0.2) is 18.5 Å². The maximum atomic E-state index is 12.7. The fourth-order valence-electron chi connectivity index (χ4n) is 2.77. The Bertz CT molecular complexity index is 1020. The summed E-state index contributed by atoms with van der Waals surface area (Å²) >= 11 is 6.07. The molecule has 2 aromatic rings. The van der Waals surface area contributed by atoms with Gasteiger partial charge in [-0.2, -0.15) is 0 Å². The van der Waals surface area contributed by atoms with Gasteiger partial charge in [-0.1, -0.05) is 17.7 Å². The van der Waals surface area contributed by atoms with Crippen molar-refractivity contribution in [1.82, 2.24) is 0 Å². The van der Waals surface area contributed by atoms with Crippen molar-refractivity contribution in [3.05, 3.63) is 47.5 Å². The number of amides is 2. The van der Waals surface area contributed by atoms with E-state index in [1.807, 2.05) is 0 Å². The molecule has 0 spiro atoms. The lowest BCUT2D eigenvalue weighted by Gasteiger charge is -2.17. The number of ether oxygens (including phenoxy) is 1. The molecular formula is C17H16ClN3O5S. The van der Waals surface area contributed by atoms with Crippen LogP contribution in [0.25, 0.3) is 0 Å². The van der Waals surface area contributed by atoms with Crippen LogP contribution < -0.4 is 20.1 Å². The molecule has 1 fully saturated rings. The van der Waals surface area contributed by atoms with Gasteiger partial charge in [0.15, 0.2) is 0 Å². The minimum atomic E-state index is -3.88. The minimum absolute atomic E-state index is 0.0813. The monoisotopic (exact) mass is 409 g/mol. The van der Waals surface area contributed by atoms with Crippen molar-refractivity contribution in [1.29, 1.82) is 0 Å². The number of rotatable bonds is 5. The standard InChI is InChI=1S/C17H16ClN3O5S/c1-26-15-6-5-11(8-13(15)18)21-16(22)9-14(17(21)23)20-10-3-2-4-12(7-10)27(19,24)25/h2-8,14,20H,9H2,1H3,(H2,19,24,25). The molecule has 3 N–H and O–H groups in total. The number of halogens is 1. The van der Waals surface area contributed by atoms with Gasteiger partial charge in [-0.05, 0) is 36.4 Å². The van der Waals surface area contributed by atoms with E-state index < -0.39 is 27.9 Å². The van der Waals surface area contributed by atoms with Crippen molar-refractivity contribution in [3.8, 4) is 5.75 Å². The minimum Gasteiger partial charge on any atom is -0.495 e. The van der Waals surface area contributed by atoms with Crippen molar-refractivity contribution < 1.29 is 22.7 Å². The topological polar surface area (TPSA) is 119 Å². The smallest absolute Gasteiger partial charge is 0.256 e. The van der Waals surface area contributed by atoms with Crippen LogP contribution >= 0.6 is 11.6 Å². The Hall–Kier alpha value is -2.62. The molecule has 0 bridgehead atoms. The third-order valence-corrected chi connectivity index (χ3v) is 5.25. The van der Waals surface area contributed by atoms with E-state index in [0.29, 0.717) is 17.1 Å². The molecule has 2 aromatic carbocycles. The zero-order chi connectivity index (χ0) is 19.8. The lowest BCUT2D eigenvalue weighted by molar-refractivity contribution is -0.121. The van der Waals surface area contributed by atoms with Gasteiger partial charge in [0.25, 0.3) is 5.91 Å². The fourth-order valence-corrected chi connectivity index (χ4v) is 3.59. The van der Waals surface area contributed by atoms with Crippen LogP contribution in [0.4, 0.5) is 11.4 Å². The number of nitrogens with two attached hydrogens (primary N) is 1. The molecule has 0 aromatic heterocycles. The molecule has 1 saturated heterocycles. The Morgan fingerprint density at radius 1 is 1.22 bits per heavy atom. The molecule has 1 aliphatic rings. The Balaban J connectivity index is 1.83. The van der Waals surface area contributed by atoms with E-state index in [4.69, 9.17) is 21.5 Å². The second-order valence-corrected chi connectivity index (χ2v) is 7.83. The van der Waals surface area contributed by atoms with E-state index in [1.54, 1.807) is 18.2 Å². The molecule has 27 heavy (non-hydrogen) atoms. The van der Waals surface area contributed by atoms with E-state index in [0.717, 1.165) is 4.90 Å². The quantitative estimate of drug-likeness (QED) is 0.726. The first-order chi connectivity index (χ1) is 12.7.